The third-order valence-electron chi connectivity index (χ3n) is 4.25. The minimum atomic E-state index is -0.856. The Morgan fingerprint density at radius 3 is 2.37 bits per heavy atom. The molecular formula is C20H27N3O4. The quantitative estimate of drug-likeness (QED) is 0.753. The number of nitrogens with one attached hydrogen (secondary N) is 1. The Labute approximate surface area is 158 Å². The van der Waals surface area contributed by atoms with Crippen LogP contribution in [0, 0.1) is 0 Å². The lowest BCUT2D eigenvalue weighted by molar-refractivity contribution is -0.161. The second kappa shape index (κ2) is 8.79. The largest absolute Gasteiger partial charge is 0.453 e. The monoisotopic (exact) mass is 373 g/mol. The zero-order valence-corrected chi connectivity index (χ0v) is 16.5. The molecule has 146 valence electrons. The van der Waals surface area contributed by atoms with E-state index in [-0.39, 0.29) is 36.4 Å². The Morgan fingerprint density at radius 2 is 1.74 bits per heavy atom. The normalized spacial score (nSPS) is 12.4. The van der Waals surface area contributed by atoms with Crippen molar-refractivity contribution in [3.05, 3.63) is 40.4 Å². The summed E-state index contributed by atoms with van der Waals surface area (Å²) in [6.45, 7) is 9.28. The van der Waals surface area contributed by atoms with Gasteiger partial charge in [0, 0.05) is 18.5 Å². The van der Waals surface area contributed by atoms with E-state index in [2.05, 4.69) is 9.97 Å². The van der Waals surface area contributed by atoms with Crippen LogP contribution in [0.1, 0.15) is 46.9 Å². The molecule has 1 amide bonds. The predicted octanol–water partition coefficient (Wildman–Crippen LogP) is 2.43. The van der Waals surface area contributed by atoms with E-state index >= 15 is 0 Å². The molecule has 0 radical (unpaired) electrons. The standard InChI is InChI=1S/C20H27N3O4/c1-12(2)23(13(3)4)20(26)14(5)27-18(24)11-10-17-21-16-9-7-6-8-15(16)19(25)22-17/h6-9,12-14H,10-11H2,1-5H3,(H,21,22,25)/t14-/m1/s1. The second-order valence-electron chi connectivity index (χ2n) is 7.09. The van der Waals surface area contributed by atoms with Crippen molar-refractivity contribution in [3.63, 3.8) is 0 Å². The predicted molar refractivity (Wildman–Crippen MR) is 103 cm³/mol. The summed E-state index contributed by atoms with van der Waals surface area (Å²) >= 11 is 0. The van der Waals surface area contributed by atoms with Gasteiger partial charge in [0.15, 0.2) is 6.10 Å². The van der Waals surface area contributed by atoms with Crippen molar-refractivity contribution in [1.82, 2.24) is 14.9 Å². The molecule has 1 atom stereocenters. The number of aromatic amines is 1. The summed E-state index contributed by atoms with van der Waals surface area (Å²) in [5.41, 5.74) is 0.342. The first-order valence-electron chi connectivity index (χ1n) is 9.20. The highest BCUT2D eigenvalue weighted by Gasteiger charge is 2.27. The van der Waals surface area contributed by atoms with E-state index in [0.717, 1.165) is 0 Å². The number of fused-ring (bicyclic) bond motifs is 1. The van der Waals surface area contributed by atoms with Gasteiger partial charge in [-0.3, -0.25) is 14.4 Å². The fraction of sp³-hybridized carbons (Fsp3) is 0.500. The summed E-state index contributed by atoms with van der Waals surface area (Å²) in [5, 5.41) is 0.505. The Balaban J connectivity index is 1.98. The van der Waals surface area contributed by atoms with Crippen LogP contribution in [-0.2, 0) is 20.7 Å². The Hall–Kier alpha value is -2.70. The van der Waals surface area contributed by atoms with Crippen molar-refractivity contribution in [2.24, 2.45) is 0 Å². The average Bonchev–Trinajstić information content (AvgIpc) is 2.59. The first-order chi connectivity index (χ1) is 12.7. The minimum absolute atomic E-state index is 0.0190. The van der Waals surface area contributed by atoms with Crippen molar-refractivity contribution in [2.75, 3.05) is 0 Å². The number of carbonyl (C=O) groups excluding carboxylic acids is 2. The maximum Gasteiger partial charge on any atom is 0.307 e. The van der Waals surface area contributed by atoms with Gasteiger partial charge in [0.25, 0.3) is 11.5 Å². The fourth-order valence-corrected chi connectivity index (χ4v) is 3.10. The van der Waals surface area contributed by atoms with Crippen LogP contribution < -0.4 is 5.56 Å². The first kappa shape index (κ1) is 20.6. The van der Waals surface area contributed by atoms with Gasteiger partial charge in [-0.2, -0.15) is 0 Å². The van der Waals surface area contributed by atoms with Gasteiger partial charge in [0.2, 0.25) is 0 Å². The number of amides is 1. The van der Waals surface area contributed by atoms with Crippen molar-refractivity contribution in [3.8, 4) is 0 Å². The van der Waals surface area contributed by atoms with Gasteiger partial charge in [0.1, 0.15) is 5.82 Å². The second-order valence-corrected chi connectivity index (χ2v) is 7.09. The summed E-state index contributed by atoms with van der Waals surface area (Å²) in [6.07, 6.45) is -0.592. The molecule has 0 spiro atoms. The van der Waals surface area contributed by atoms with Crippen molar-refractivity contribution >= 4 is 22.8 Å². The number of aryl methyl sites for hydroxylation is 1. The van der Waals surface area contributed by atoms with Crippen LogP contribution in [0.3, 0.4) is 0 Å². The summed E-state index contributed by atoms with van der Waals surface area (Å²) < 4.78 is 5.28. The zero-order valence-electron chi connectivity index (χ0n) is 16.5. The number of aromatic nitrogens is 2. The third kappa shape index (κ3) is 5.15. The van der Waals surface area contributed by atoms with Crippen LogP contribution in [0.4, 0.5) is 0 Å². The molecule has 0 aliphatic rings. The van der Waals surface area contributed by atoms with E-state index in [4.69, 9.17) is 4.74 Å². The number of rotatable bonds is 7. The first-order valence-corrected chi connectivity index (χ1v) is 9.20. The molecule has 0 unspecified atom stereocenters. The topological polar surface area (TPSA) is 92.4 Å². The van der Waals surface area contributed by atoms with E-state index in [9.17, 15) is 14.4 Å². The number of esters is 1. The van der Waals surface area contributed by atoms with Crippen LogP contribution in [0.25, 0.3) is 10.9 Å². The SMILES string of the molecule is CC(C)N(C(=O)[C@@H](C)OC(=O)CCc1nc2ccccc2c(=O)[nH]1)C(C)C. The molecule has 1 heterocycles. The average molecular weight is 373 g/mol. The number of hydrogen-bond acceptors (Lipinski definition) is 5. The Bertz CT molecular complexity index is 865. The number of H-pyrrole nitrogens is 1. The van der Waals surface area contributed by atoms with Crippen molar-refractivity contribution in [2.45, 2.75) is 65.6 Å². The van der Waals surface area contributed by atoms with Gasteiger partial charge in [-0.1, -0.05) is 12.1 Å². The highest BCUT2D eigenvalue weighted by Crippen LogP contribution is 2.11. The van der Waals surface area contributed by atoms with Gasteiger partial charge in [0.05, 0.1) is 17.3 Å². The molecule has 0 saturated heterocycles. The van der Waals surface area contributed by atoms with Crippen LogP contribution in [0.2, 0.25) is 0 Å². The molecule has 7 nitrogen and oxygen atoms in total. The van der Waals surface area contributed by atoms with E-state index < -0.39 is 12.1 Å². The lowest BCUT2D eigenvalue weighted by Crippen LogP contribution is -2.47. The number of carbonyl (C=O) groups is 2. The van der Waals surface area contributed by atoms with Gasteiger partial charge >= 0.3 is 5.97 Å². The molecule has 0 aliphatic heterocycles. The van der Waals surface area contributed by atoms with E-state index in [0.29, 0.717) is 16.7 Å². The summed E-state index contributed by atoms with van der Waals surface area (Å²) in [6, 6.07) is 7.05. The summed E-state index contributed by atoms with van der Waals surface area (Å²) in [5.74, 6) is -0.301. The Morgan fingerprint density at radius 1 is 1.11 bits per heavy atom. The number of nitrogens with zero attached hydrogens (tertiary/aromatic N) is 2. The van der Waals surface area contributed by atoms with Gasteiger partial charge < -0.3 is 14.6 Å². The minimum Gasteiger partial charge on any atom is -0.453 e. The molecule has 0 bridgehead atoms. The molecule has 1 aromatic carbocycles. The molecule has 7 heteroatoms. The number of para-hydroxylation sites is 1. The van der Waals surface area contributed by atoms with Gasteiger partial charge in [-0.05, 0) is 46.8 Å². The molecule has 2 aromatic rings. The van der Waals surface area contributed by atoms with Crippen molar-refractivity contribution in [1.29, 1.82) is 0 Å². The maximum atomic E-state index is 12.5. The van der Waals surface area contributed by atoms with Gasteiger partial charge in [-0.15, -0.1) is 0 Å². The molecule has 27 heavy (non-hydrogen) atoms. The van der Waals surface area contributed by atoms with E-state index in [1.54, 1.807) is 36.1 Å². The number of ether oxygens (including phenoxy) is 1. The maximum absolute atomic E-state index is 12.5. The van der Waals surface area contributed by atoms with Crippen molar-refractivity contribution < 1.29 is 14.3 Å². The third-order valence-corrected chi connectivity index (χ3v) is 4.25. The highest BCUT2D eigenvalue weighted by atomic mass is 16.5. The number of hydrogen-bond donors (Lipinski definition) is 1. The number of benzene rings is 1. The molecule has 2 rings (SSSR count). The molecule has 1 N–H and O–H groups in total. The van der Waals surface area contributed by atoms with Crippen LogP contribution in [0.5, 0.6) is 0 Å². The lowest BCUT2D eigenvalue weighted by atomic mass is 10.2. The highest BCUT2D eigenvalue weighted by molar-refractivity contribution is 5.84. The van der Waals surface area contributed by atoms with E-state index in [1.807, 2.05) is 27.7 Å². The lowest BCUT2D eigenvalue weighted by Gasteiger charge is -2.32. The molecular weight excluding hydrogens is 346 g/mol. The molecule has 0 fully saturated rings. The fourth-order valence-electron chi connectivity index (χ4n) is 3.10. The zero-order chi connectivity index (χ0) is 20.1. The molecule has 1 aromatic heterocycles. The summed E-state index contributed by atoms with van der Waals surface area (Å²) in [7, 11) is 0. The van der Waals surface area contributed by atoms with Crippen LogP contribution in [0.15, 0.2) is 29.1 Å². The smallest absolute Gasteiger partial charge is 0.307 e. The molecule has 0 saturated carbocycles. The van der Waals surface area contributed by atoms with E-state index in [1.165, 1.54) is 0 Å². The van der Waals surface area contributed by atoms with Crippen LogP contribution >= 0.6 is 0 Å². The summed E-state index contributed by atoms with van der Waals surface area (Å²) in [4.78, 5) is 45.4. The Kier molecular flexibility index (Phi) is 6.71. The van der Waals surface area contributed by atoms with Gasteiger partial charge in [-0.25, -0.2) is 4.98 Å². The molecule has 0 aliphatic carbocycles. The van der Waals surface area contributed by atoms with Crippen LogP contribution in [-0.4, -0.2) is 44.9 Å².